The third-order valence-corrected chi connectivity index (χ3v) is 6.38. The Morgan fingerprint density at radius 2 is 1.80 bits per heavy atom. The number of ether oxygens (including phenoxy) is 2. The molecule has 1 aromatic carbocycles. The molecule has 2 fully saturated rings. The molecule has 0 atom stereocenters. The van der Waals surface area contributed by atoms with Crippen LogP contribution in [0.5, 0.6) is 0 Å². The third kappa shape index (κ3) is 8.35. The van der Waals surface area contributed by atoms with E-state index >= 15 is 0 Å². The molecule has 0 bridgehead atoms. The van der Waals surface area contributed by atoms with Gasteiger partial charge in [-0.3, -0.25) is 4.99 Å². The highest BCUT2D eigenvalue weighted by atomic mass is 127. The fourth-order valence-corrected chi connectivity index (χ4v) is 4.39. The van der Waals surface area contributed by atoms with E-state index in [4.69, 9.17) is 9.47 Å². The normalized spacial score (nSPS) is 23.1. The first kappa shape index (κ1) is 25.4. The molecule has 6 heteroatoms. The van der Waals surface area contributed by atoms with Crippen LogP contribution in [-0.2, 0) is 22.6 Å². The molecule has 0 unspecified atom stereocenters. The van der Waals surface area contributed by atoms with Gasteiger partial charge in [-0.05, 0) is 61.5 Å². The highest BCUT2D eigenvalue weighted by Crippen LogP contribution is 2.29. The summed E-state index contributed by atoms with van der Waals surface area (Å²) in [5.41, 5.74) is 2.48. The summed E-state index contributed by atoms with van der Waals surface area (Å²) in [5.74, 6) is 2.59. The lowest BCUT2D eigenvalue weighted by Crippen LogP contribution is -2.44. The van der Waals surface area contributed by atoms with Crippen LogP contribution in [0.4, 0.5) is 0 Å². The highest BCUT2D eigenvalue weighted by molar-refractivity contribution is 14.0. The molecule has 1 aromatic rings. The minimum absolute atomic E-state index is 0. The van der Waals surface area contributed by atoms with E-state index in [0.29, 0.717) is 18.8 Å². The van der Waals surface area contributed by atoms with Crippen LogP contribution in [0.2, 0.25) is 0 Å². The number of benzene rings is 1. The Bertz CT molecular complexity index is 639. The molecule has 1 aliphatic heterocycles. The predicted molar refractivity (Wildman–Crippen MR) is 134 cm³/mol. The highest BCUT2D eigenvalue weighted by Gasteiger charge is 2.23. The first-order valence-corrected chi connectivity index (χ1v) is 11.4. The Kier molecular flexibility index (Phi) is 11.5. The van der Waals surface area contributed by atoms with E-state index in [0.717, 1.165) is 50.4 Å². The van der Waals surface area contributed by atoms with Gasteiger partial charge in [-0.2, -0.15) is 0 Å². The number of hydrogen-bond donors (Lipinski definition) is 2. The standard InChI is InChI=1S/C24H39N3O2.HI/c1-18(2)21-7-9-22(10-8-21)27-24(25-3)26-16-19-5-4-6-20(15-19)17-29-23-11-13-28-14-12-23;/h4-6,15,18,21-23H,7-14,16-17H2,1-3H3,(H2,25,26,27);1H. The second-order valence-electron chi connectivity index (χ2n) is 8.87. The Hall–Kier alpha value is -0.860. The van der Waals surface area contributed by atoms with Crippen LogP contribution in [0, 0.1) is 11.8 Å². The molecule has 0 spiro atoms. The number of guanidine groups is 1. The van der Waals surface area contributed by atoms with Gasteiger partial charge in [0.25, 0.3) is 0 Å². The third-order valence-electron chi connectivity index (χ3n) is 6.38. The van der Waals surface area contributed by atoms with Gasteiger partial charge in [0, 0.05) is 32.8 Å². The van der Waals surface area contributed by atoms with Gasteiger partial charge >= 0.3 is 0 Å². The predicted octanol–water partition coefficient (Wildman–Crippen LogP) is 4.88. The molecule has 2 aliphatic rings. The average Bonchev–Trinajstić information content (AvgIpc) is 2.76. The van der Waals surface area contributed by atoms with E-state index in [1.165, 1.54) is 36.8 Å². The Morgan fingerprint density at radius 1 is 1.10 bits per heavy atom. The first-order chi connectivity index (χ1) is 14.1. The maximum absolute atomic E-state index is 6.06. The Labute approximate surface area is 199 Å². The van der Waals surface area contributed by atoms with Crippen LogP contribution in [0.3, 0.4) is 0 Å². The minimum atomic E-state index is 0. The van der Waals surface area contributed by atoms with Crippen LogP contribution < -0.4 is 10.6 Å². The summed E-state index contributed by atoms with van der Waals surface area (Å²) in [6, 6.07) is 9.18. The zero-order valence-corrected chi connectivity index (χ0v) is 21.2. The second-order valence-corrected chi connectivity index (χ2v) is 8.87. The Morgan fingerprint density at radius 3 is 2.47 bits per heavy atom. The van der Waals surface area contributed by atoms with Crippen molar-refractivity contribution in [3.63, 3.8) is 0 Å². The van der Waals surface area contributed by atoms with Gasteiger partial charge in [-0.1, -0.05) is 38.1 Å². The maximum Gasteiger partial charge on any atom is 0.191 e. The van der Waals surface area contributed by atoms with Crippen molar-refractivity contribution in [1.82, 2.24) is 10.6 Å². The fraction of sp³-hybridized carbons (Fsp3) is 0.708. The van der Waals surface area contributed by atoms with E-state index in [1.54, 1.807) is 0 Å². The molecular weight excluding hydrogens is 489 g/mol. The van der Waals surface area contributed by atoms with E-state index < -0.39 is 0 Å². The Balaban J connectivity index is 0.00000320. The van der Waals surface area contributed by atoms with Crippen molar-refractivity contribution in [1.29, 1.82) is 0 Å². The molecule has 1 aliphatic carbocycles. The lowest BCUT2D eigenvalue weighted by atomic mass is 9.80. The van der Waals surface area contributed by atoms with Gasteiger partial charge in [0.2, 0.25) is 0 Å². The molecule has 3 rings (SSSR count). The van der Waals surface area contributed by atoms with Crippen LogP contribution >= 0.6 is 24.0 Å². The van der Waals surface area contributed by atoms with Crippen LogP contribution in [0.1, 0.15) is 63.5 Å². The van der Waals surface area contributed by atoms with Gasteiger partial charge in [-0.25, -0.2) is 0 Å². The van der Waals surface area contributed by atoms with Crippen molar-refractivity contribution < 1.29 is 9.47 Å². The molecule has 0 amide bonds. The molecule has 0 radical (unpaired) electrons. The molecule has 1 heterocycles. The summed E-state index contributed by atoms with van der Waals surface area (Å²) in [6.07, 6.45) is 7.46. The van der Waals surface area contributed by atoms with Crippen molar-refractivity contribution >= 4 is 29.9 Å². The van der Waals surface area contributed by atoms with Crippen molar-refractivity contribution in [3.8, 4) is 0 Å². The molecule has 1 saturated heterocycles. The number of aliphatic imine (C=N–C) groups is 1. The molecule has 1 saturated carbocycles. The smallest absolute Gasteiger partial charge is 0.191 e. The van der Waals surface area contributed by atoms with E-state index in [9.17, 15) is 0 Å². The van der Waals surface area contributed by atoms with Crippen molar-refractivity contribution in [2.24, 2.45) is 16.8 Å². The van der Waals surface area contributed by atoms with E-state index in [1.807, 2.05) is 7.05 Å². The maximum atomic E-state index is 6.06. The fourth-order valence-electron chi connectivity index (χ4n) is 4.39. The summed E-state index contributed by atoms with van der Waals surface area (Å²) >= 11 is 0. The molecule has 5 nitrogen and oxygen atoms in total. The van der Waals surface area contributed by atoms with Gasteiger partial charge in [0.05, 0.1) is 12.7 Å². The molecule has 30 heavy (non-hydrogen) atoms. The van der Waals surface area contributed by atoms with Gasteiger partial charge < -0.3 is 20.1 Å². The number of nitrogens with one attached hydrogen (secondary N) is 2. The van der Waals surface area contributed by atoms with E-state index in [2.05, 4.69) is 53.7 Å². The van der Waals surface area contributed by atoms with E-state index in [-0.39, 0.29) is 24.0 Å². The number of halogens is 1. The summed E-state index contributed by atoms with van der Waals surface area (Å²) in [4.78, 5) is 4.43. The SMILES string of the molecule is CN=C(NCc1cccc(COC2CCOCC2)c1)NC1CCC(C(C)C)CC1.I. The molecule has 170 valence electrons. The van der Waals surface area contributed by atoms with Crippen LogP contribution in [0.15, 0.2) is 29.3 Å². The minimum Gasteiger partial charge on any atom is -0.381 e. The molecular formula is C24H40IN3O2. The summed E-state index contributed by atoms with van der Waals surface area (Å²) in [5, 5.41) is 7.10. The van der Waals surface area contributed by atoms with Crippen LogP contribution in [0.25, 0.3) is 0 Å². The summed E-state index contributed by atoms with van der Waals surface area (Å²) in [6.45, 7) is 7.78. The van der Waals surface area contributed by atoms with Crippen molar-refractivity contribution in [3.05, 3.63) is 35.4 Å². The summed E-state index contributed by atoms with van der Waals surface area (Å²) < 4.78 is 11.5. The number of nitrogens with zero attached hydrogens (tertiary/aromatic N) is 1. The van der Waals surface area contributed by atoms with Gasteiger partial charge in [0.15, 0.2) is 5.96 Å². The van der Waals surface area contributed by atoms with Crippen LogP contribution in [-0.4, -0.2) is 38.4 Å². The molecule has 2 N–H and O–H groups in total. The monoisotopic (exact) mass is 529 g/mol. The topological polar surface area (TPSA) is 54.9 Å². The average molecular weight is 530 g/mol. The van der Waals surface area contributed by atoms with Crippen molar-refractivity contribution in [2.45, 2.75) is 77.7 Å². The zero-order chi connectivity index (χ0) is 20.5. The largest absolute Gasteiger partial charge is 0.381 e. The number of hydrogen-bond acceptors (Lipinski definition) is 3. The summed E-state index contributed by atoms with van der Waals surface area (Å²) in [7, 11) is 1.85. The second kappa shape index (κ2) is 13.5. The van der Waals surface area contributed by atoms with Gasteiger partial charge in [-0.15, -0.1) is 24.0 Å². The first-order valence-electron chi connectivity index (χ1n) is 11.4. The molecule has 0 aromatic heterocycles. The van der Waals surface area contributed by atoms with Crippen molar-refractivity contribution in [2.75, 3.05) is 20.3 Å². The lowest BCUT2D eigenvalue weighted by molar-refractivity contribution is -0.0390. The van der Waals surface area contributed by atoms with Gasteiger partial charge in [0.1, 0.15) is 0 Å². The number of rotatable bonds is 7. The zero-order valence-electron chi connectivity index (χ0n) is 18.9. The lowest BCUT2D eigenvalue weighted by Gasteiger charge is -2.32. The quantitative estimate of drug-likeness (QED) is 0.301.